The smallest absolute Gasteiger partial charge is 0.329 e. The van der Waals surface area contributed by atoms with Crippen LogP contribution in [0.25, 0.3) is 0 Å². The maximum absolute atomic E-state index is 11.0. The summed E-state index contributed by atoms with van der Waals surface area (Å²) >= 11 is 1.74. The van der Waals surface area contributed by atoms with E-state index >= 15 is 0 Å². The Labute approximate surface area is 105 Å². The molecule has 0 bridgehead atoms. The van der Waals surface area contributed by atoms with Crippen molar-refractivity contribution in [1.29, 1.82) is 0 Å². The maximum atomic E-state index is 11.0. The zero-order chi connectivity index (χ0) is 12.3. The van der Waals surface area contributed by atoms with Gasteiger partial charge >= 0.3 is 5.97 Å². The molecule has 0 amide bonds. The molecule has 16 heavy (non-hydrogen) atoms. The van der Waals surface area contributed by atoms with Crippen molar-refractivity contribution in [2.75, 3.05) is 5.75 Å². The molecule has 0 atom stereocenters. The third-order valence-electron chi connectivity index (χ3n) is 1.47. The van der Waals surface area contributed by atoms with Crippen LogP contribution in [0.4, 0.5) is 0 Å². The fourth-order valence-corrected chi connectivity index (χ4v) is 1.71. The maximum Gasteiger partial charge on any atom is 0.329 e. The summed E-state index contributed by atoms with van der Waals surface area (Å²) in [5.41, 5.74) is 0. The molecule has 0 spiro atoms. The van der Waals surface area contributed by atoms with E-state index in [-0.39, 0.29) is 15.1 Å². The highest BCUT2D eigenvalue weighted by molar-refractivity contribution is 14.1. The minimum atomic E-state index is -4.41. The molecule has 0 aliphatic heterocycles. The van der Waals surface area contributed by atoms with E-state index in [9.17, 15) is 18.3 Å². The number of hydrogen-bond acceptors (Lipinski definition) is 5. The molecule has 1 aromatic rings. The van der Waals surface area contributed by atoms with Gasteiger partial charge in [-0.25, -0.2) is 0 Å². The van der Waals surface area contributed by atoms with Gasteiger partial charge in [0.1, 0.15) is 11.5 Å². The van der Waals surface area contributed by atoms with Gasteiger partial charge in [0.25, 0.3) is 10.1 Å². The van der Waals surface area contributed by atoms with Crippen molar-refractivity contribution in [3.8, 4) is 11.5 Å². The third kappa shape index (κ3) is 3.94. The highest BCUT2D eigenvalue weighted by Gasteiger charge is 2.16. The average Bonchev–Trinajstić information content (AvgIpc) is 2.09. The molecule has 0 saturated carbocycles. The molecule has 88 valence electrons. The summed E-state index contributed by atoms with van der Waals surface area (Å²) in [5.74, 6) is -2.29. The first kappa shape index (κ1) is 13.2. The Bertz CT molecular complexity index is 509. The molecule has 0 aliphatic rings. The normalized spacial score (nSPS) is 11.1. The van der Waals surface area contributed by atoms with Crippen LogP contribution in [0.3, 0.4) is 0 Å². The second-order valence-corrected chi connectivity index (χ2v) is 5.32. The monoisotopic (exact) mass is 358 g/mol. The second kappa shape index (κ2) is 4.97. The molecule has 0 heterocycles. The number of aromatic hydroxyl groups is 1. The highest BCUT2D eigenvalue weighted by atomic mass is 127. The second-order valence-electron chi connectivity index (χ2n) is 2.79. The fraction of sp³-hybridized carbons (Fsp3) is 0.125. The number of carbonyl (C=O) groups excluding carboxylic acids is 1. The van der Waals surface area contributed by atoms with Crippen LogP contribution >= 0.6 is 22.6 Å². The average molecular weight is 358 g/mol. The standard InChI is InChI=1S/C8H7IO6S/c9-8-5(10)2-1-3-6(8)15-7(11)4-16(12,13)14/h1-3,10H,4H2,(H,12,13,14). The van der Waals surface area contributed by atoms with E-state index < -0.39 is 21.8 Å². The van der Waals surface area contributed by atoms with Crippen molar-refractivity contribution in [3.05, 3.63) is 21.8 Å². The summed E-state index contributed by atoms with van der Waals surface area (Å²) in [6.45, 7) is 0. The fourth-order valence-electron chi connectivity index (χ4n) is 0.879. The molecule has 0 fully saturated rings. The Kier molecular flexibility index (Phi) is 4.10. The van der Waals surface area contributed by atoms with Crippen molar-refractivity contribution < 1.29 is 27.6 Å². The van der Waals surface area contributed by atoms with Gasteiger partial charge in [-0.2, -0.15) is 8.42 Å². The largest absolute Gasteiger partial charge is 0.507 e. The molecule has 0 saturated heterocycles. The minimum absolute atomic E-state index is 0.0363. The lowest BCUT2D eigenvalue weighted by Crippen LogP contribution is -2.20. The van der Waals surface area contributed by atoms with Crippen LogP contribution in [0.1, 0.15) is 0 Å². The van der Waals surface area contributed by atoms with Gasteiger partial charge in [0.05, 0.1) is 3.57 Å². The summed E-state index contributed by atoms with van der Waals surface area (Å²) in [7, 11) is -4.41. The molecular formula is C8H7IO6S. The van der Waals surface area contributed by atoms with Crippen LogP contribution in [-0.2, 0) is 14.9 Å². The summed E-state index contributed by atoms with van der Waals surface area (Å²) < 4.78 is 34.1. The molecule has 0 aromatic heterocycles. The van der Waals surface area contributed by atoms with E-state index in [4.69, 9.17) is 4.55 Å². The molecule has 0 unspecified atom stereocenters. The summed E-state index contributed by atoms with van der Waals surface area (Å²) in [4.78, 5) is 11.0. The van der Waals surface area contributed by atoms with Crippen molar-refractivity contribution >= 4 is 38.7 Å². The Hall–Kier alpha value is -0.870. The van der Waals surface area contributed by atoms with Crippen LogP contribution < -0.4 is 4.74 Å². The third-order valence-corrected chi connectivity index (χ3v) is 3.15. The van der Waals surface area contributed by atoms with Crippen LogP contribution in [0, 0.1) is 3.57 Å². The number of phenols is 1. The molecule has 1 rings (SSSR count). The summed E-state index contributed by atoms with van der Waals surface area (Å²) in [6.07, 6.45) is 0. The highest BCUT2D eigenvalue weighted by Crippen LogP contribution is 2.28. The Morgan fingerprint density at radius 3 is 2.62 bits per heavy atom. The van der Waals surface area contributed by atoms with Crippen molar-refractivity contribution in [3.63, 3.8) is 0 Å². The van der Waals surface area contributed by atoms with E-state index in [0.717, 1.165) is 0 Å². The van der Waals surface area contributed by atoms with E-state index in [2.05, 4.69) is 4.74 Å². The number of benzene rings is 1. The lowest BCUT2D eigenvalue weighted by Gasteiger charge is -2.06. The summed E-state index contributed by atoms with van der Waals surface area (Å²) in [5, 5.41) is 9.28. The molecule has 0 radical (unpaired) electrons. The number of phenolic OH excluding ortho intramolecular Hbond substituents is 1. The van der Waals surface area contributed by atoms with Crippen LogP contribution in [0.2, 0.25) is 0 Å². The zero-order valence-corrected chi connectivity index (χ0v) is 10.7. The Balaban J connectivity index is 2.82. The van der Waals surface area contributed by atoms with Gasteiger partial charge in [-0.15, -0.1) is 0 Å². The number of rotatable bonds is 3. The number of ether oxygens (including phenoxy) is 1. The predicted molar refractivity (Wildman–Crippen MR) is 62.9 cm³/mol. The lowest BCUT2D eigenvalue weighted by molar-refractivity contribution is -0.131. The van der Waals surface area contributed by atoms with Crippen molar-refractivity contribution in [2.45, 2.75) is 0 Å². The van der Waals surface area contributed by atoms with Gasteiger partial charge < -0.3 is 9.84 Å². The van der Waals surface area contributed by atoms with Gasteiger partial charge in [0.15, 0.2) is 5.75 Å². The predicted octanol–water partition coefficient (Wildman–Crippen LogP) is 0.790. The number of esters is 1. The number of halogens is 1. The van der Waals surface area contributed by atoms with Gasteiger partial charge in [0.2, 0.25) is 0 Å². The first-order valence-electron chi connectivity index (χ1n) is 3.93. The number of carbonyl (C=O) groups is 1. The van der Waals surface area contributed by atoms with Crippen LogP contribution in [0.15, 0.2) is 18.2 Å². The van der Waals surface area contributed by atoms with E-state index in [1.54, 1.807) is 22.6 Å². The first-order valence-corrected chi connectivity index (χ1v) is 6.62. The Morgan fingerprint density at radius 2 is 2.06 bits per heavy atom. The SMILES string of the molecule is O=C(CS(=O)(=O)O)Oc1cccc(O)c1I. The molecule has 8 heteroatoms. The van der Waals surface area contributed by atoms with Gasteiger partial charge in [-0.05, 0) is 34.7 Å². The molecule has 2 N–H and O–H groups in total. The molecule has 0 aliphatic carbocycles. The molecule has 6 nitrogen and oxygen atoms in total. The minimum Gasteiger partial charge on any atom is -0.507 e. The zero-order valence-electron chi connectivity index (χ0n) is 7.75. The van der Waals surface area contributed by atoms with Gasteiger partial charge in [0, 0.05) is 0 Å². The van der Waals surface area contributed by atoms with E-state index in [1.807, 2.05) is 0 Å². The molecule has 1 aromatic carbocycles. The summed E-state index contributed by atoms with van der Waals surface area (Å²) in [6, 6.07) is 4.22. The topological polar surface area (TPSA) is 101 Å². The Morgan fingerprint density at radius 1 is 1.44 bits per heavy atom. The van der Waals surface area contributed by atoms with Crippen LogP contribution in [-0.4, -0.2) is 29.8 Å². The van der Waals surface area contributed by atoms with Crippen molar-refractivity contribution in [1.82, 2.24) is 0 Å². The van der Waals surface area contributed by atoms with Crippen LogP contribution in [0.5, 0.6) is 11.5 Å². The molecular weight excluding hydrogens is 351 g/mol. The van der Waals surface area contributed by atoms with Gasteiger partial charge in [-0.1, -0.05) is 6.07 Å². The lowest BCUT2D eigenvalue weighted by atomic mass is 10.3. The quantitative estimate of drug-likeness (QED) is 0.359. The first-order chi connectivity index (χ1) is 7.29. The number of hydrogen-bond donors (Lipinski definition) is 2. The van der Waals surface area contributed by atoms with E-state index in [0.29, 0.717) is 0 Å². The van der Waals surface area contributed by atoms with E-state index in [1.165, 1.54) is 18.2 Å². The van der Waals surface area contributed by atoms with Crippen molar-refractivity contribution in [2.24, 2.45) is 0 Å². The van der Waals surface area contributed by atoms with Gasteiger partial charge in [-0.3, -0.25) is 9.35 Å².